The van der Waals surface area contributed by atoms with E-state index in [-0.39, 0.29) is 0 Å². The van der Waals surface area contributed by atoms with Gasteiger partial charge < -0.3 is 5.11 Å². The van der Waals surface area contributed by atoms with Gasteiger partial charge in [-0.25, -0.2) is 0 Å². The summed E-state index contributed by atoms with van der Waals surface area (Å²) < 4.78 is 0. The van der Waals surface area contributed by atoms with E-state index in [0.29, 0.717) is 0 Å². The fraction of sp³-hybridized carbons (Fsp3) is 0.500. The Hall–Kier alpha value is -0.890. The molecule has 0 aliphatic rings. The molecular weight excluding hydrogens is 150 g/mol. The van der Waals surface area contributed by atoms with Crippen LogP contribution in [0.3, 0.4) is 0 Å². The van der Waals surface area contributed by atoms with Crippen molar-refractivity contribution in [1.82, 2.24) is 4.98 Å². The molecule has 0 saturated carbocycles. The highest BCUT2D eigenvalue weighted by Crippen LogP contribution is 2.21. The lowest BCUT2D eigenvalue weighted by Crippen LogP contribution is -2.17. The van der Waals surface area contributed by atoms with Crippen LogP contribution in [0.5, 0.6) is 0 Å². The summed E-state index contributed by atoms with van der Waals surface area (Å²) in [6.07, 6.45) is 0. The summed E-state index contributed by atoms with van der Waals surface area (Å²) in [6, 6.07) is 3.85. The van der Waals surface area contributed by atoms with Crippen LogP contribution in [-0.4, -0.2) is 10.1 Å². The van der Waals surface area contributed by atoms with Crippen LogP contribution in [0, 0.1) is 13.8 Å². The van der Waals surface area contributed by atoms with E-state index in [2.05, 4.69) is 4.98 Å². The van der Waals surface area contributed by atoms with Crippen molar-refractivity contribution >= 4 is 0 Å². The Morgan fingerprint density at radius 3 is 2.25 bits per heavy atom. The second kappa shape index (κ2) is 2.87. The van der Waals surface area contributed by atoms with Gasteiger partial charge in [-0.3, -0.25) is 4.98 Å². The lowest BCUT2D eigenvalue weighted by molar-refractivity contribution is 0.0774. The average Bonchev–Trinajstić information content (AvgIpc) is 1.83. The molecule has 0 aromatic carbocycles. The predicted molar refractivity (Wildman–Crippen MR) is 49.0 cm³/mol. The number of hydrogen-bond acceptors (Lipinski definition) is 2. The molecule has 0 bridgehead atoms. The van der Waals surface area contributed by atoms with Crippen molar-refractivity contribution in [1.29, 1.82) is 0 Å². The van der Waals surface area contributed by atoms with Crippen LogP contribution in [0.2, 0.25) is 0 Å². The van der Waals surface area contributed by atoms with Gasteiger partial charge in [0.15, 0.2) is 0 Å². The molecule has 0 atom stereocenters. The van der Waals surface area contributed by atoms with E-state index in [1.54, 1.807) is 13.8 Å². The van der Waals surface area contributed by atoms with Gasteiger partial charge in [-0.1, -0.05) is 6.07 Å². The number of aliphatic hydroxyl groups is 1. The van der Waals surface area contributed by atoms with Crippen LogP contribution >= 0.6 is 0 Å². The first-order valence-corrected chi connectivity index (χ1v) is 4.08. The van der Waals surface area contributed by atoms with Crippen LogP contribution in [0.25, 0.3) is 0 Å². The molecule has 0 unspecified atom stereocenters. The molecule has 1 rings (SSSR count). The molecule has 0 saturated heterocycles. The van der Waals surface area contributed by atoms with Crippen LogP contribution in [0.1, 0.15) is 30.8 Å². The number of aromatic nitrogens is 1. The number of aryl methyl sites for hydroxylation is 2. The van der Waals surface area contributed by atoms with Crippen LogP contribution in [-0.2, 0) is 5.60 Å². The minimum Gasteiger partial charge on any atom is -0.386 e. The van der Waals surface area contributed by atoms with Gasteiger partial charge in [0.2, 0.25) is 0 Å². The van der Waals surface area contributed by atoms with Gasteiger partial charge in [0, 0.05) is 17.0 Å². The maximum Gasteiger partial charge on any atom is 0.0857 e. The molecule has 0 aliphatic heterocycles. The number of pyridine rings is 1. The average molecular weight is 165 g/mol. The quantitative estimate of drug-likeness (QED) is 0.689. The molecule has 2 heteroatoms. The molecule has 1 N–H and O–H groups in total. The second-order valence-corrected chi connectivity index (χ2v) is 3.64. The topological polar surface area (TPSA) is 33.1 Å². The highest BCUT2D eigenvalue weighted by atomic mass is 16.3. The Morgan fingerprint density at radius 1 is 1.25 bits per heavy atom. The standard InChI is InChI=1S/C10H15NO/c1-7-5-6-9(8(2)11-7)10(3,4)12/h5-6,12H,1-4H3. The van der Waals surface area contributed by atoms with E-state index in [1.165, 1.54) is 0 Å². The van der Waals surface area contributed by atoms with Crippen molar-refractivity contribution in [3.63, 3.8) is 0 Å². The van der Waals surface area contributed by atoms with Crippen molar-refractivity contribution in [2.75, 3.05) is 0 Å². The molecule has 0 fully saturated rings. The molecule has 0 radical (unpaired) electrons. The van der Waals surface area contributed by atoms with E-state index in [4.69, 9.17) is 0 Å². The molecule has 0 amide bonds. The fourth-order valence-corrected chi connectivity index (χ4v) is 1.33. The van der Waals surface area contributed by atoms with Gasteiger partial charge in [-0.2, -0.15) is 0 Å². The zero-order valence-corrected chi connectivity index (χ0v) is 8.05. The third-order valence-electron chi connectivity index (χ3n) is 1.88. The summed E-state index contributed by atoms with van der Waals surface area (Å²) in [6.45, 7) is 7.40. The first-order chi connectivity index (χ1) is 5.41. The SMILES string of the molecule is Cc1ccc(C(C)(C)O)c(C)n1. The lowest BCUT2D eigenvalue weighted by Gasteiger charge is -2.19. The molecule has 0 spiro atoms. The van der Waals surface area contributed by atoms with E-state index < -0.39 is 5.60 Å². The highest BCUT2D eigenvalue weighted by molar-refractivity contribution is 5.26. The molecular formula is C10H15NO. The van der Waals surface area contributed by atoms with E-state index in [1.807, 2.05) is 26.0 Å². The first-order valence-electron chi connectivity index (χ1n) is 4.08. The predicted octanol–water partition coefficient (Wildman–Crippen LogP) is 1.93. The van der Waals surface area contributed by atoms with Crippen molar-refractivity contribution in [2.45, 2.75) is 33.3 Å². The summed E-state index contributed by atoms with van der Waals surface area (Å²) in [5.74, 6) is 0. The van der Waals surface area contributed by atoms with Crippen LogP contribution < -0.4 is 0 Å². The summed E-state index contributed by atoms with van der Waals surface area (Å²) >= 11 is 0. The monoisotopic (exact) mass is 165 g/mol. The molecule has 2 nitrogen and oxygen atoms in total. The van der Waals surface area contributed by atoms with Crippen LogP contribution in [0.15, 0.2) is 12.1 Å². The minimum atomic E-state index is -0.787. The lowest BCUT2D eigenvalue weighted by atomic mass is 9.97. The van der Waals surface area contributed by atoms with Gasteiger partial charge >= 0.3 is 0 Å². The third-order valence-corrected chi connectivity index (χ3v) is 1.88. The zero-order valence-electron chi connectivity index (χ0n) is 8.05. The molecule has 12 heavy (non-hydrogen) atoms. The smallest absolute Gasteiger partial charge is 0.0857 e. The van der Waals surface area contributed by atoms with Crippen molar-refractivity contribution in [3.05, 3.63) is 29.1 Å². The highest BCUT2D eigenvalue weighted by Gasteiger charge is 2.18. The first kappa shape index (κ1) is 9.20. The summed E-state index contributed by atoms with van der Waals surface area (Å²) in [5, 5.41) is 9.72. The Morgan fingerprint density at radius 2 is 1.83 bits per heavy atom. The summed E-state index contributed by atoms with van der Waals surface area (Å²) in [4.78, 5) is 4.28. The molecule has 0 aliphatic carbocycles. The van der Waals surface area contributed by atoms with Crippen molar-refractivity contribution in [2.24, 2.45) is 0 Å². The molecule has 66 valence electrons. The maximum absolute atomic E-state index is 9.72. The summed E-state index contributed by atoms with van der Waals surface area (Å²) in [7, 11) is 0. The zero-order chi connectivity index (χ0) is 9.35. The van der Waals surface area contributed by atoms with Gasteiger partial charge in [-0.05, 0) is 33.8 Å². The van der Waals surface area contributed by atoms with Crippen molar-refractivity contribution in [3.8, 4) is 0 Å². The van der Waals surface area contributed by atoms with Crippen LogP contribution in [0.4, 0.5) is 0 Å². The second-order valence-electron chi connectivity index (χ2n) is 3.64. The normalized spacial score (nSPS) is 11.8. The Balaban J connectivity index is 3.19. The Kier molecular flexibility index (Phi) is 2.20. The van der Waals surface area contributed by atoms with Gasteiger partial charge in [0.25, 0.3) is 0 Å². The molecule has 1 aromatic heterocycles. The number of hydrogen-bond donors (Lipinski definition) is 1. The molecule has 1 aromatic rings. The minimum absolute atomic E-state index is 0.787. The maximum atomic E-state index is 9.72. The third kappa shape index (κ3) is 1.83. The summed E-state index contributed by atoms with van der Waals surface area (Å²) in [5.41, 5.74) is 2.00. The van der Waals surface area contributed by atoms with E-state index >= 15 is 0 Å². The van der Waals surface area contributed by atoms with E-state index in [0.717, 1.165) is 17.0 Å². The number of rotatable bonds is 1. The van der Waals surface area contributed by atoms with Crippen molar-refractivity contribution < 1.29 is 5.11 Å². The Bertz CT molecular complexity index is 286. The molecule has 1 heterocycles. The fourth-order valence-electron chi connectivity index (χ4n) is 1.33. The van der Waals surface area contributed by atoms with Gasteiger partial charge in [0.05, 0.1) is 5.60 Å². The van der Waals surface area contributed by atoms with Gasteiger partial charge in [-0.15, -0.1) is 0 Å². The van der Waals surface area contributed by atoms with Gasteiger partial charge in [0.1, 0.15) is 0 Å². The van der Waals surface area contributed by atoms with E-state index in [9.17, 15) is 5.11 Å². The Labute approximate surface area is 73.3 Å². The largest absolute Gasteiger partial charge is 0.386 e. The number of nitrogens with zero attached hydrogens (tertiary/aromatic N) is 1.